The molecule has 0 aliphatic heterocycles. The van der Waals surface area contributed by atoms with Crippen molar-refractivity contribution in [3.63, 3.8) is 0 Å². The predicted octanol–water partition coefficient (Wildman–Crippen LogP) is 2.66. The molecule has 1 N–H and O–H groups in total. The minimum absolute atomic E-state index is 0.123. The average molecular weight is 327 g/mol. The van der Waals surface area contributed by atoms with Gasteiger partial charge in [0, 0.05) is 23.9 Å². The largest absolute Gasteiger partial charge is 0.345 e. The van der Waals surface area contributed by atoms with Crippen LogP contribution >= 0.6 is 11.3 Å². The Hall–Kier alpha value is -2.54. The molecule has 118 valence electrons. The van der Waals surface area contributed by atoms with Crippen LogP contribution in [0.3, 0.4) is 0 Å². The summed E-state index contributed by atoms with van der Waals surface area (Å²) in [5.41, 5.74) is 2.60. The number of nitrogens with one attached hydrogen (secondary N) is 1. The van der Waals surface area contributed by atoms with Gasteiger partial charge in [-0.05, 0) is 31.5 Å². The molecule has 0 saturated heterocycles. The first-order valence-corrected chi connectivity index (χ1v) is 8.17. The van der Waals surface area contributed by atoms with Gasteiger partial charge in [-0.15, -0.1) is 10.2 Å². The van der Waals surface area contributed by atoms with E-state index in [4.69, 9.17) is 0 Å². The lowest BCUT2D eigenvalue weighted by molar-refractivity contribution is 0.0951. The van der Waals surface area contributed by atoms with Gasteiger partial charge in [0.1, 0.15) is 10.0 Å². The fourth-order valence-corrected chi connectivity index (χ4v) is 2.84. The van der Waals surface area contributed by atoms with Crippen LogP contribution in [0.1, 0.15) is 27.3 Å². The predicted molar refractivity (Wildman–Crippen MR) is 89.2 cm³/mol. The maximum absolute atomic E-state index is 12.3. The summed E-state index contributed by atoms with van der Waals surface area (Å²) in [6, 6.07) is 7.52. The third kappa shape index (κ3) is 3.62. The number of carbonyl (C=O) groups excluding carboxylic acids is 1. The van der Waals surface area contributed by atoms with E-state index >= 15 is 0 Å². The van der Waals surface area contributed by atoms with Crippen LogP contribution in [0.25, 0.3) is 11.1 Å². The lowest BCUT2D eigenvalue weighted by atomic mass is 10.1. The van der Waals surface area contributed by atoms with E-state index in [0.717, 1.165) is 27.7 Å². The molecule has 0 spiro atoms. The maximum Gasteiger partial charge on any atom is 0.251 e. The highest BCUT2D eigenvalue weighted by molar-refractivity contribution is 7.11. The summed E-state index contributed by atoms with van der Waals surface area (Å²) in [5, 5.41) is 16.8. The third-order valence-electron chi connectivity index (χ3n) is 3.38. The Morgan fingerprint density at radius 3 is 2.87 bits per heavy atom. The summed E-state index contributed by atoms with van der Waals surface area (Å²) in [4.78, 5) is 12.3. The fraction of sp³-hybridized carbons (Fsp3) is 0.250. The zero-order valence-corrected chi connectivity index (χ0v) is 13.8. The van der Waals surface area contributed by atoms with E-state index < -0.39 is 0 Å². The molecule has 0 bridgehead atoms. The summed E-state index contributed by atoms with van der Waals surface area (Å²) >= 11 is 1.48. The highest BCUT2D eigenvalue weighted by Gasteiger charge is 2.09. The van der Waals surface area contributed by atoms with Crippen molar-refractivity contribution in [2.75, 3.05) is 0 Å². The van der Waals surface area contributed by atoms with Gasteiger partial charge in [-0.3, -0.25) is 9.48 Å². The van der Waals surface area contributed by atoms with Crippen LogP contribution in [0, 0.1) is 6.92 Å². The summed E-state index contributed by atoms with van der Waals surface area (Å²) in [6.45, 7) is 5.14. The Morgan fingerprint density at radius 2 is 2.17 bits per heavy atom. The van der Waals surface area contributed by atoms with E-state index in [9.17, 15) is 4.79 Å². The van der Waals surface area contributed by atoms with Crippen LogP contribution in [-0.2, 0) is 13.1 Å². The highest BCUT2D eigenvalue weighted by Crippen LogP contribution is 2.20. The number of benzene rings is 1. The van der Waals surface area contributed by atoms with E-state index in [0.29, 0.717) is 12.1 Å². The molecule has 1 amide bonds. The van der Waals surface area contributed by atoms with Crippen LogP contribution < -0.4 is 5.32 Å². The van der Waals surface area contributed by atoms with E-state index in [2.05, 4.69) is 20.6 Å². The maximum atomic E-state index is 12.3. The standard InChI is InChI=1S/C16H17N5OS/c1-3-21-10-14(8-18-21)12-5-4-6-13(7-12)16(22)17-9-15-20-19-11(2)23-15/h4-8,10H,3,9H2,1-2H3,(H,17,22). The SMILES string of the molecule is CCn1cc(-c2cccc(C(=O)NCc3nnc(C)s3)c2)cn1. The molecule has 0 aliphatic carbocycles. The number of amides is 1. The molecule has 7 heteroatoms. The molecular weight excluding hydrogens is 310 g/mol. The quantitative estimate of drug-likeness (QED) is 0.782. The van der Waals surface area contributed by atoms with Crippen LogP contribution in [0.4, 0.5) is 0 Å². The summed E-state index contributed by atoms with van der Waals surface area (Å²) in [6.07, 6.45) is 3.78. The minimum atomic E-state index is -0.123. The monoisotopic (exact) mass is 327 g/mol. The highest BCUT2D eigenvalue weighted by atomic mass is 32.1. The Morgan fingerprint density at radius 1 is 1.30 bits per heavy atom. The molecule has 6 nitrogen and oxygen atoms in total. The molecule has 1 aromatic carbocycles. The molecule has 3 aromatic rings. The van der Waals surface area contributed by atoms with E-state index in [1.165, 1.54) is 11.3 Å². The number of rotatable bonds is 5. The van der Waals surface area contributed by atoms with Crippen molar-refractivity contribution in [3.05, 3.63) is 52.2 Å². The zero-order valence-electron chi connectivity index (χ0n) is 13.0. The second-order valence-electron chi connectivity index (χ2n) is 5.06. The Balaban J connectivity index is 1.72. The van der Waals surface area contributed by atoms with Gasteiger partial charge in [-0.2, -0.15) is 5.10 Å². The lowest BCUT2D eigenvalue weighted by Gasteiger charge is -2.05. The first-order chi connectivity index (χ1) is 11.2. The molecule has 0 atom stereocenters. The van der Waals surface area contributed by atoms with E-state index in [1.807, 2.05) is 49.1 Å². The summed E-state index contributed by atoms with van der Waals surface area (Å²) < 4.78 is 1.86. The van der Waals surface area contributed by atoms with Crippen LogP contribution in [0.2, 0.25) is 0 Å². The van der Waals surface area contributed by atoms with Gasteiger partial charge < -0.3 is 5.32 Å². The van der Waals surface area contributed by atoms with Crippen LogP contribution in [0.15, 0.2) is 36.7 Å². The molecule has 0 aliphatic rings. The first kappa shape index (κ1) is 15.4. The zero-order chi connectivity index (χ0) is 16.2. The van der Waals surface area contributed by atoms with Crippen molar-refractivity contribution < 1.29 is 4.79 Å². The second kappa shape index (κ2) is 6.70. The average Bonchev–Trinajstić information content (AvgIpc) is 3.21. The Bertz CT molecular complexity index is 823. The van der Waals surface area contributed by atoms with Crippen molar-refractivity contribution in [3.8, 4) is 11.1 Å². The molecule has 0 saturated carbocycles. The van der Waals surface area contributed by atoms with E-state index in [1.54, 1.807) is 6.07 Å². The van der Waals surface area contributed by atoms with Crippen molar-refractivity contribution >= 4 is 17.2 Å². The molecule has 2 heterocycles. The molecular formula is C16H17N5OS. The first-order valence-electron chi connectivity index (χ1n) is 7.36. The lowest BCUT2D eigenvalue weighted by Crippen LogP contribution is -2.22. The van der Waals surface area contributed by atoms with Gasteiger partial charge in [0.2, 0.25) is 0 Å². The number of aryl methyl sites for hydroxylation is 2. The smallest absolute Gasteiger partial charge is 0.251 e. The second-order valence-corrected chi connectivity index (χ2v) is 6.33. The Kier molecular flexibility index (Phi) is 4.47. The van der Waals surface area contributed by atoms with Gasteiger partial charge in [0.05, 0.1) is 12.7 Å². The van der Waals surface area contributed by atoms with Crippen molar-refractivity contribution in [1.29, 1.82) is 0 Å². The molecule has 2 aromatic heterocycles. The summed E-state index contributed by atoms with van der Waals surface area (Å²) in [7, 11) is 0. The molecule has 3 rings (SSSR count). The number of hydrogen-bond acceptors (Lipinski definition) is 5. The molecule has 0 unspecified atom stereocenters. The van der Waals surface area contributed by atoms with Crippen LogP contribution in [0.5, 0.6) is 0 Å². The number of hydrogen-bond donors (Lipinski definition) is 1. The van der Waals surface area contributed by atoms with E-state index in [-0.39, 0.29) is 5.91 Å². The van der Waals surface area contributed by atoms with Crippen molar-refractivity contribution in [2.24, 2.45) is 0 Å². The van der Waals surface area contributed by atoms with Gasteiger partial charge in [-0.25, -0.2) is 0 Å². The van der Waals surface area contributed by atoms with Gasteiger partial charge in [0.15, 0.2) is 0 Å². The van der Waals surface area contributed by atoms with Gasteiger partial charge in [-0.1, -0.05) is 23.5 Å². The molecule has 23 heavy (non-hydrogen) atoms. The minimum Gasteiger partial charge on any atom is -0.345 e. The normalized spacial score (nSPS) is 10.7. The summed E-state index contributed by atoms with van der Waals surface area (Å²) in [5.74, 6) is -0.123. The molecule has 0 fully saturated rings. The van der Waals surface area contributed by atoms with Gasteiger partial charge >= 0.3 is 0 Å². The number of nitrogens with zero attached hydrogens (tertiary/aromatic N) is 4. The number of carbonyl (C=O) groups is 1. The van der Waals surface area contributed by atoms with Crippen LogP contribution in [-0.4, -0.2) is 25.9 Å². The Labute approximate surface area is 138 Å². The van der Waals surface area contributed by atoms with Crippen molar-refractivity contribution in [2.45, 2.75) is 26.9 Å². The molecule has 0 radical (unpaired) electrons. The topological polar surface area (TPSA) is 72.7 Å². The number of aromatic nitrogens is 4. The van der Waals surface area contributed by atoms with Gasteiger partial charge in [0.25, 0.3) is 5.91 Å². The van der Waals surface area contributed by atoms with Crippen molar-refractivity contribution in [1.82, 2.24) is 25.3 Å². The third-order valence-corrected chi connectivity index (χ3v) is 4.22. The fourth-order valence-electron chi connectivity index (χ4n) is 2.19.